The lowest BCUT2D eigenvalue weighted by Gasteiger charge is -2.44. The normalized spacial score (nSPS) is 21.9. The Labute approximate surface area is 186 Å². The molecule has 1 fully saturated rings. The first-order valence-corrected chi connectivity index (χ1v) is 10.9. The van der Waals surface area contributed by atoms with Crippen molar-refractivity contribution in [3.8, 4) is 17.2 Å². The second-order valence-corrected chi connectivity index (χ2v) is 8.52. The molecule has 1 aliphatic heterocycles. The molecule has 0 radical (unpaired) electrons. The van der Waals surface area contributed by atoms with Gasteiger partial charge in [0.25, 0.3) is 0 Å². The van der Waals surface area contributed by atoms with Gasteiger partial charge in [-0.3, -0.25) is 0 Å². The maximum atomic E-state index is 13.3. The summed E-state index contributed by atoms with van der Waals surface area (Å²) < 4.78 is 12.7. The summed E-state index contributed by atoms with van der Waals surface area (Å²) >= 11 is 0. The van der Waals surface area contributed by atoms with E-state index in [1.807, 2.05) is 55.6 Å². The van der Waals surface area contributed by atoms with E-state index in [0.717, 1.165) is 37.1 Å². The summed E-state index contributed by atoms with van der Waals surface area (Å²) in [5, 5.41) is 15.7. The molecule has 0 saturated heterocycles. The minimum Gasteiger partial charge on any atom is -0.454 e. The highest BCUT2D eigenvalue weighted by Gasteiger charge is 2.46. The van der Waals surface area contributed by atoms with Gasteiger partial charge < -0.3 is 19.7 Å². The van der Waals surface area contributed by atoms with Gasteiger partial charge in [0.1, 0.15) is 5.54 Å². The lowest BCUT2D eigenvalue weighted by atomic mass is 9.75. The van der Waals surface area contributed by atoms with E-state index in [1.165, 1.54) is 0 Å². The molecular weight excluding hydrogens is 408 g/mol. The van der Waals surface area contributed by atoms with Gasteiger partial charge in [0.15, 0.2) is 17.3 Å². The highest BCUT2D eigenvalue weighted by Crippen LogP contribution is 2.44. The zero-order valence-electron chi connectivity index (χ0n) is 18.2. The summed E-state index contributed by atoms with van der Waals surface area (Å²) in [5.74, 6) is 2.59. The summed E-state index contributed by atoms with van der Waals surface area (Å²) in [7, 11) is 1.83. The number of para-hydroxylation sites is 1. The maximum absolute atomic E-state index is 13.3. The van der Waals surface area contributed by atoms with Crippen LogP contribution < -0.4 is 14.8 Å². The highest BCUT2D eigenvalue weighted by atomic mass is 16.7. The van der Waals surface area contributed by atoms with Crippen molar-refractivity contribution in [3.63, 3.8) is 0 Å². The zero-order valence-corrected chi connectivity index (χ0v) is 18.2. The Morgan fingerprint density at radius 1 is 1.12 bits per heavy atom. The molecule has 2 heterocycles. The number of hydrogen-bond donors (Lipinski definition) is 1. The summed E-state index contributed by atoms with van der Waals surface area (Å²) in [5.41, 5.74) is 0.883. The van der Waals surface area contributed by atoms with Gasteiger partial charge in [-0.1, -0.05) is 25.1 Å². The van der Waals surface area contributed by atoms with Crippen molar-refractivity contribution >= 4 is 11.7 Å². The number of anilines is 1. The third kappa shape index (κ3) is 3.53. The molecular formula is C23H26N6O3. The van der Waals surface area contributed by atoms with E-state index >= 15 is 0 Å². The number of nitrogens with zero attached hydrogens (tertiary/aromatic N) is 5. The average Bonchev–Trinajstić information content (AvgIpc) is 3.49. The SMILES string of the molecule is CC1CCC(c2nnnn2-c2ccc3c(c2)OCO3)(N(C)C(=O)Nc2ccccc2)CC1. The third-order valence-electron chi connectivity index (χ3n) is 6.56. The molecule has 2 amide bonds. The number of fused-ring (bicyclic) bond motifs is 1. The third-order valence-corrected chi connectivity index (χ3v) is 6.56. The van der Waals surface area contributed by atoms with Crippen LogP contribution in [0.4, 0.5) is 10.5 Å². The fraction of sp³-hybridized carbons (Fsp3) is 0.391. The van der Waals surface area contributed by atoms with Crippen LogP contribution in [0.25, 0.3) is 5.69 Å². The Morgan fingerprint density at radius 3 is 2.66 bits per heavy atom. The van der Waals surface area contributed by atoms with Crippen LogP contribution in [0.3, 0.4) is 0 Å². The molecule has 9 heteroatoms. The predicted octanol–water partition coefficient (Wildman–Crippen LogP) is 3.96. The van der Waals surface area contributed by atoms with E-state index in [4.69, 9.17) is 9.47 Å². The number of urea groups is 1. The van der Waals surface area contributed by atoms with E-state index in [-0.39, 0.29) is 12.8 Å². The molecule has 166 valence electrons. The number of amides is 2. The second-order valence-electron chi connectivity index (χ2n) is 8.52. The Bertz CT molecular complexity index is 1110. The van der Waals surface area contributed by atoms with Gasteiger partial charge in [-0.25, -0.2) is 4.79 Å². The Morgan fingerprint density at radius 2 is 1.88 bits per heavy atom. The molecule has 0 spiro atoms. The van der Waals surface area contributed by atoms with Crippen LogP contribution in [-0.2, 0) is 5.54 Å². The van der Waals surface area contributed by atoms with Crippen molar-refractivity contribution in [2.24, 2.45) is 5.92 Å². The minimum atomic E-state index is -0.634. The van der Waals surface area contributed by atoms with E-state index in [2.05, 4.69) is 27.8 Å². The lowest BCUT2D eigenvalue weighted by Crippen LogP contribution is -2.52. The van der Waals surface area contributed by atoms with E-state index < -0.39 is 5.54 Å². The zero-order chi connectivity index (χ0) is 22.1. The van der Waals surface area contributed by atoms with Gasteiger partial charge in [-0.15, -0.1) is 5.10 Å². The first-order valence-electron chi connectivity index (χ1n) is 10.9. The molecule has 0 atom stereocenters. The van der Waals surface area contributed by atoms with Crippen LogP contribution in [0.15, 0.2) is 48.5 Å². The Balaban J connectivity index is 1.52. The maximum Gasteiger partial charge on any atom is 0.322 e. The smallest absolute Gasteiger partial charge is 0.322 e. The highest BCUT2D eigenvalue weighted by molar-refractivity contribution is 5.89. The van der Waals surface area contributed by atoms with Gasteiger partial charge in [0.05, 0.1) is 5.69 Å². The lowest BCUT2D eigenvalue weighted by molar-refractivity contribution is 0.0786. The number of carbonyl (C=O) groups excluding carboxylic acids is 1. The number of ether oxygens (including phenoxy) is 2. The Kier molecular flexibility index (Phi) is 5.16. The monoisotopic (exact) mass is 434 g/mol. The topological polar surface area (TPSA) is 94.4 Å². The number of tetrazole rings is 1. The molecule has 5 rings (SSSR count). The number of carbonyl (C=O) groups is 1. The van der Waals surface area contributed by atoms with Gasteiger partial charge >= 0.3 is 6.03 Å². The molecule has 0 unspecified atom stereocenters. The molecule has 2 aromatic carbocycles. The number of aromatic nitrogens is 4. The molecule has 1 saturated carbocycles. The van der Waals surface area contributed by atoms with Crippen molar-refractivity contribution in [3.05, 3.63) is 54.4 Å². The van der Waals surface area contributed by atoms with Crippen molar-refractivity contribution < 1.29 is 14.3 Å². The molecule has 1 aromatic heterocycles. The van der Waals surface area contributed by atoms with Gasteiger partial charge in [-0.05, 0) is 66.3 Å². The summed E-state index contributed by atoms with van der Waals surface area (Å²) in [6.45, 7) is 2.44. The summed E-state index contributed by atoms with van der Waals surface area (Å²) in [6, 6.07) is 14.9. The standard InChI is InChI=1S/C23H26N6O3/c1-16-10-12-23(13-11-16,28(2)22(30)24-17-6-4-3-5-7-17)21-25-26-27-29(21)18-8-9-19-20(14-18)32-15-31-19/h3-9,14,16H,10-13,15H2,1-2H3,(H,24,30). The average molecular weight is 435 g/mol. The number of benzene rings is 2. The van der Waals surface area contributed by atoms with Crippen LogP contribution in [-0.4, -0.2) is 45.0 Å². The molecule has 32 heavy (non-hydrogen) atoms. The fourth-order valence-electron chi connectivity index (χ4n) is 4.54. The number of nitrogens with one attached hydrogen (secondary N) is 1. The fourth-order valence-corrected chi connectivity index (χ4v) is 4.54. The van der Waals surface area contributed by atoms with E-state index in [0.29, 0.717) is 23.2 Å². The number of rotatable bonds is 4. The quantitative estimate of drug-likeness (QED) is 0.668. The predicted molar refractivity (Wildman–Crippen MR) is 118 cm³/mol. The van der Waals surface area contributed by atoms with Crippen LogP contribution in [0, 0.1) is 5.92 Å². The molecule has 0 bridgehead atoms. The molecule has 2 aliphatic rings. The number of hydrogen-bond acceptors (Lipinski definition) is 6. The van der Waals surface area contributed by atoms with Crippen molar-refractivity contribution in [1.82, 2.24) is 25.1 Å². The van der Waals surface area contributed by atoms with Crippen molar-refractivity contribution in [2.45, 2.75) is 38.1 Å². The van der Waals surface area contributed by atoms with Crippen molar-refractivity contribution in [1.29, 1.82) is 0 Å². The molecule has 1 N–H and O–H groups in total. The first-order chi connectivity index (χ1) is 15.6. The van der Waals surface area contributed by atoms with Crippen molar-refractivity contribution in [2.75, 3.05) is 19.2 Å². The second kappa shape index (κ2) is 8.14. The summed E-state index contributed by atoms with van der Waals surface area (Å²) in [6.07, 6.45) is 3.52. The van der Waals surface area contributed by atoms with Gasteiger partial charge in [0.2, 0.25) is 6.79 Å². The van der Waals surface area contributed by atoms with E-state index in [1.54, 1.807) is 9.58 Å². The minimum absolute atomic E-state index is 0.189. The van der Waals surface area contributed by atoms with Crippen LogP contribution in [0.5, 0.6) is 11.5 Å². The molecule has 3 aromatic rings. The molecule has 1 aliphatic carbocycles. The molecule has 9 nitrogen and oxygen atoms in total. The van der Waals surface area contributed by atoms with Crippen LogP contribution >= 0.6 is 0 Å². The Hall–Kier alpha value is -3.62. The van der Waals surface area contributed by atoms with E-state index in [9.17, 15) is 4.79 Å². The summed E-state index contributed by atoms with van der Waals surface area (Å²) in [4.78, 5) is 15.1. The largest absolute Gasteiger partial charge is 0.454 e. The van der Waals surface area contributed by atoms with Crippen LogP contribution in [0.1, 0.15) is 38.4 Å². The first kappa shape index (κ1) is 20.3. The van der Waals surface area contributed by atoms with Gasteiger partial charge in [0, 0.05) is 18.8 Å². The van der Waals surface area contributed by atoms with Crippen LogP contribution in [0.2, 0.25) is 0 Å². The van der Waals surface area contributed by atoms with Gasteiger partial charge in [-0.2, -0.15) is 4.68 Å².